The Morgan fingerprint density at radius 1 is 0.500 bits per heavy atom. The topological polar surface area (TPSA) is 229 Å². The van der Waals surface area contributed by atoms with Gasteiger partial charge in [0.05, 0.1) is 26.4 Å². The Hall–Kier alpha value is -7.24. The van der Waals surface area contributed by atoms with Gasteiger partial charge in [0.15, 0.2) is 24.4 Å². The molecule has 2 saturated heterocycles. The van der Waals surface area contributed by atoms with Gasteiger partial charge in [-0.2, -0.15) is 0 Å². The zero-order chi connectivity index (χ0) is 66.6. The second-order valence-corrected chi connectivity index (χ2v) is 25.4. The number of carbonyl (C=O) groups excluding carboxylic acids is 8. The fourth-order valence-electron chi connectivity index (χ4n) is 10.6. The second-order valence-electron chi connectivity index (χ2n) is 25.4. The van der Waals surface area contributed by atoms with Crippen molar-refractivity contribution in [1.29, 1.82) is 0 Å². The quantitative estimate of drug-likeness (QED) is 0.0489. The first-order chi connectivity index (χ1) is 42.4. The highest BCUT2D eigenvalue weighted by Crippen LogP contribution is 2.27. The maximum atomic E-state index is 16.0. The first-order valence-corrected chi connectivity index (χ1v) is 31.1. The predicted octanol–water partition coefficient (Wildman–Crippen LogP) is 7.01. The van der Waals surface area contributed by atoms with Gasteiger partial charge in [-0.05, 0) is 114 Å². The zero-order valence-corrected chi connectivity index (χ0v) is 55.0. The number of nitrogens with zero attached hydrogens (tertiary/aromatic N) is 5. The highest BCUT2D eigenvalue weighted by Gasteiger charge is 2.43. The number of halogens is 2. The van der Waals surface area contributed by atoms with Crippen LogP contribution in [0.4, 0.5) is 20.2 Å². The molecular formula is C67H96F2N6O15. The third kappa shape index (κ3) is 22.9. The number of likely N-dealkylation sites (N-methyl/N-ethyl adjacent to an activating group) is 4. The molecule has 3 aromatic carbocycles. The van der Waals surface area contributed by atoms with Crippen LogP contribution in [0, 0.1) is 11.8 Å². The first kappa shape index (κ1) is 73.5. The number of benzene rings is 3. The highest BCUT2D eigenvalue weighted by atomic mass is 19.1. The van der Waals surface area contributed by atoms with Gasteiger partial charge in [-0.3, -0.25) is 19.2 Å². The van der Waals surface area contributed by atoms with E-state index in [1.807, 2.05) is 44.2 Å². The van der Waals surface area contributed by atoms with Gasteiger partial charge in [-0.15, -0.1) is 0 Å². The minimum atomic E-state index is -2.14. The van der Waals surface area contributed by atoms with Crippen molar-refractivity contribution in [1.82, 2.24) is 20.0 Å². The monoisotopic (exact) mass is 1260 g/mol. The van der Waals surface area contributed by atoms with Crippen molar-refractivity contribution in [2.24, 2.45) is 11.8 Å². The molecule has 0 aliphatic carbocycles. The average molecular weight is 1260 g/mol. The lowest BCUT2D eigenvalue weighted by Gasteiger charge is -2.35. The van der Waals surface area contributed by atoms with Crippen LogP contribution in [0.2, 0.25) is 0 Å². The molecule has 21 nitrogen and oxygen atoms in total. The van der Waals surface area contributed by atoms with Gasteiger partial charge in [0.1, 0.15) is 42.1 Å². The van der Waals surface area contributed by atoms with Crippen molar-refractivity contribution in [2.75, 3.05) is 90.6 Å². The van der Waals surface area contributed by atoms with E-state index in [0.717, 1.165) is 26.1 Å². The van der Waals surface area contributed by atoms with Crippen LogP contribution in [-0.2, 0) is 91.0 Å². The molecule has 2 heterocycles. The lowest BCUT2D eigenvalue weighted by Crippen LogP contribution is -2.54. The third-order valence-electron chi connectivity index (χ3n) is 15.7. The molecular weight excluding hydrogens is 1170 g/mol. The fourth-order valence-corrected chi connectivity index (χ4v) is 10.6. The molecule has 5 rings (SSSR count). The molecule has 3 amide bonds. The fraction of sp³-hybridized carbons (Fsp3) is 0.612. The summed E-state index contributed by atoms with van der Waals surface area (Å²) in [6, 6.07) is 18.0. The largest absolute Gasteiger partial charge is 0.458 e. The number of hydrogen-bond donors (Lipinski definition) is 1. The molecule has 90 heavy (non-hydrogen) atoms. The van der Waals surface area contributed by atoms with Crippen LogP contribution < -0.4 is 15.1 Å². The molecule has 2 aliphatic rings. The Labute approximate surface area is 529 Å². The van der Waals surface area contributed by atoms with E-state index < -0.39 is 114 Å². The third-order valence-corrected chi connectivity index (χ3v) is 15.7. The van der Waals surface area contributed by atoms with Crippen molar-refractivity contribution >= 4 is 58.9 Å². The number of ether oxygens (including phenoxy) is 7. The second kappa shape index (κ2) is 34.3. The van der Waals surface area contributed by atoms with Crippen LogP contribution in [0.1, 0.15) is 112 Å². The van der Waals surface area contributed by atoms with E-state index in [4.69, 9.17) is 33.2 Å². The number of amides is 3. The molecule has 8 atom stereocenters. The van der Waals surface area contributed by atoms with Crippen molar-refractivity contribution < 1.29 is 80.3 Å². The average Bonchev–Trinajstić information content (AvgIpc) is 1.59. The SMILES string of the molecule is CN[C@@H](CC(C)(C)F)C(=O)O[C@H](Cc1ccc(N2CCOCC2)cc1)C(=O)N(C)[C@@H](CC(C)C)C(=O)O[C@H](C)C(=O)N(C)C(CC(C)(C)F)C(=O)O[C@H](Cc1ccc(N2CCOCC2)cc1)C(=O)N(C)[C@@H](CC(C)C)C(=O)O[C@H](C)C(=O)OCc1ccccc1. The number of anilines is 2. The Kier molecular flexibility index (Phi) is 28.0. The summed E-state index contributed by atoms with van der Waals surface area (Å²) in [5, 5.41) is 2.78. The molecule has 0 bridgehead atoms. The first-order valence-electron chi connectivity index (χ1n) is 31.1. The summed E-state index contributed by atoms with van der Waals surface area (Å²) in [7, 11) is 5.36. The van der Waals surface area contributed by atoms with E-state index in [0.29, 0.717) is 69.3 Å². The maximum absolute atomic E-state index is 16.0. The summed E-state index contributed by atoms with van der Waals surface area (Å²) < 4.78 is 70.9. The van der Waals surface area contributed by atoms with Crippen molar-refractivity contribution in [3.05, 3.63) is 95.6 Å². The summed E-state index contributed by atoms with van der Waals surface area (Å²) in [6.07, 6.45) is -7.43. The molecule has 23 heteroatoms. The molecule has 498 valence electrons. The maximum Gasteiger partial charge on any atom is 0.347 e. The smallest absolute Gasteiger partial charge is 0.347 e. The van der Waals surface area contributed by atoms with Crippen LogP contribution in [0.5, 0.6) is 0 Å². The normalized spacial score (nSPS) is 16.5. The number of hydrogen-bond acceptors (Lipinski definition) is 18. The summed E-state index contributed by atoms with van der Waals surface area (Å²) in [4.78, 5) is 122. The van der Waals surface area contributed by atoms with E-state index >= 15 is 4.39 Å². The molecule has 0 spiro atoms. The number of morpholine rings is 2. The highest BCUT2D eigenvalue weighted by molar-refractivity contribution is 5.93. The minimum absolute atomic E-state index is 0.0167. The lowest BCUT2D eigenvalue weighted by atomic mass is 9.98. The molecule has 1 N–H and O–H groups in total. The van der Waals surface area contributed by atoms with Crippen LogP contribution >= 0.6 is 0 Å². The summed E-state index contributed by atoms with van der Waals surface area (Å²) in [6.45, 7) is 19.7. The standard InChI is InChI=1S/C67H96F2N6O15/c1-43(2)36-53(71(12)59(77)56(89-62(80)52(70-11)40-66(7,8)68)38-47-20-24-50(25-21-47)74-28-32-84-33-29-74)63(81)87-45(5)58(76)73(14)55(41-67(9,10)69)65(83)90-57(39-48-22-26-51(27-23-48)75-30-34-85-35-31-75)60(78)72(13)54(37-44(3)4)64(82)88-46(6)61(79)86-42-49-18-16-15-17-19-49/h15-27,43-46,52-57,70H,28-42H2,1-14H3/t45-,46-,52+,53+,54+,55?,56-,57-/m1/s1. The number of esters is 5. The van der Waals surface area contributed by atoms with Crippen molar-refractivity contribution in [2.45, 2.75) is 174 Å². The van der Waals surface area contributed by atoms with Crippen LogP contribution in [0.15, 0.2) is 78.9 Å². The summed E-state index contributed by atoms with van der Waals surface area (Å²) in [5.74, 6) is -7.90. The van der Waals surface area contributed by atoms with Gasteiger partial charge in [-0.1, -0.05) is 82.3 Å². The number of rotatable bonds is 32. The molecule has 0 aromatic heterocycles. The Bertz CT molecular complexity index is 2820. The van der Waals surface area contributed by atoms with Crippen molar-refractivity contribution in [3.8, 4) is 0 Å². The van der Waals surface area contributed by atoms with Crippen LogP contribution in [0.3, 0.4) is 0 Å². The Balaban J connectivity index is 1.40. The number of nitrogens with one attached hydrogen (secondary N) is 1. The Morgan fingerprint density at radius 2 is 0.889 bits per heavy atom. The molecule has 0 saturated carbocycles. The molecule has 3 aromatic rings. The van der Waals surface area contributed by atoms with E-state index in [1.165, 1.54) is 69.7 Å². The molecule has 2 aliphatic heterocycles. The van der Waals surface area contributed by atoms with E-state index in [-0.39, 0.29) is 50.5 Å². The number of carbonyl (C=O) groups is 8. The minimum Gasteiger partial charge on any atom is -0.458 e. The van der Waals surface area contributed by atoms with Crippen LogP contribution in [0.25, 0.3) is 0 Å². The van der Waals surface area contributed by atoms with E-state index in [2.05, 4.69) is 15.1 Å². The zero-order valence-electron chi connectivity index (χ0n) is 55.0. The predicted molar refractivity (Wildman–Crippen MR) is 335 cm³/mol. The molecule has 1 unspecified atom stereocenters. The van der Waals surface area contributed by atoms with Gasteiger partial charge >= 0.3 is 29.8 Å². The summed E-state index contributed by atoms with van der Waals surface area (Å²) in [5.41, 5.74) is -0.241. The van der Waals surface area contributed by atoms with Gasteiger partial charge in [0.25, 0.3) is 17.7 Å². The number of alkyl halides is 2. The van der Waals surface area contributed by atoms with Gasteiger partial charge < -0.3 is 63.0 Å². The Morgan fingerprint density at radius 3 is 1.29 bits per heavy atom. The van der Waals surface area contributed by atoms with Crippen LogP contribution in [-0.4, -0.2) is 203 Å². The van der Waals surface area contributed by atoms with E-state index in [9.17, 15) is 42.7 Å². The van der Waals surface area contributed by atoms with Gasteiger partial charge in [0.2, 0.25) is 0 Å². The van der Waals surface area contributed by atoms with Gasteiger partial charge in [-0.25, -0.2) is 28.0 Å². The molecule has 2 fully saturated rings. The van der Waals surface area contributed by atoms with Gasteiger partial charge in [0, 0.05) is 84.4 Å². The lowest BCUT2D eigenvalue weighted by molar-refractivity contribution is -0.176. The van der Waals surface area contributed by atoms with E-state index in [1.54, 1.807) is 62.4 Å². The summed E-state index contributed by atoms with van der Waals surface area (Å²) >= 11 is 0. The van der Waals surface area contributed by atoms with Crippen molar-refractivity contribution in [3.63, 3.8) is 0 Å². The molecule has 0 radical (unpaired) electrons.